The summed E-state index contributed by atoms with van der Waals surface area (Å²) in [5.41, 5.74) is 1.76. The molecule has 5 heteroatoms. The molecule has 1 aromatic carbocycles. The highest BCUT2D eigenvalue weighted by Gasteiger charge is 2.00. The number of benzene rings is 1. The normalized spacial score (nSPS) is 10.2. The molecule has 0 aliphatic heterocycles. The van der Waals surface area contributed by atoms with Gasteiger partial charge in [0.05, 0.1) is 0 Å². The lowest BCUT2D eigenvalue weighted by Gasteiger charge is -2.04. The summed E-state index contributed by atoms with van der Waals surface area (Å²) in [6, 6.07) is 6.24. The largest absolute Gasteiger partial charge is 0.353 e. The van der Waals surface area contributed by atoms with Crippen LogP contribution in [-0.2, 0) is 0 Å². The van der Waals surface area contributed by atoms with Crippen LogP contribution in [0.4, 0.5) is 10.3 Å². The molecule has 0 saturated carbocycles. The van der Waals surface area contributed by atoms with E-state index in [0.717, 1.165) is 23.4 Å². The average molecular weight is 249 g/mol. The van der Waals surface area contributed by atoms with E-state index in [2.05, 4.69) is 27.9 Å². The number of hydrogen-bond acceptors (Lipinski definition) is 4. The van der Waals surface area contributed by atoms with Crippen molar-refractivity contribution in [1.29, 1.82) is 0 Å². The Morgan fingerprint density at radius 1 is 1.06 bits per heavy atom. The lowest BCUT2D eigenvalue weighted by molar-refractivity contribution is 0.628. The Balaban J connectivity index is 2.14. The molecule has 0 bridgehead atoms. The number of nitrogens with zero attached hydrogens (tertiary/aromatic N) is 2. The van der Waals surface area contributed by atoms with Crippen LogP contribution >= 0.6 is 12.6 Å². The van der Waals surface area contributed by atoms with Crippen LogP contribution in [0, 0.1) is 5.82 Å². The maximum absolute atomic E-state index is 12.8. The highest BCUT2D eigenvalue weighted by atomic mass is 32.1. The van der Waals surface area contributed by atoms with Crippen LogP contribution in [0.25, 0.3) is 11.1 Å². The number of rotatable bonds is 4. The molecule has 0 aliphatic carbocycles. The zero-order valence-corrected chi connectivity index (χ0v) is 9.99. The van der Waals surface area contributed by atoms with Gasteiger partial charge in [0.25, 0.3) is 0 Å². The molecule has 0 aliphatic rings. The molecule has 0 spiro atoms. The van der Waals surface area contributed by atoms with Gasteiger partial charge in [-0.1, -0.05) is 12.1 Å². The van der Waals surface area contributed by atoms with E-state index in [9.17, 15) is 4.39 Å². The second-order valence-electron chi connectivity index (χ2n) is 3.45. The summed E-state index contributed by atoms with van der Waals surface area (Å²) in [6.07, 6.45) is 3.42. The Kier molecular flexibility index (Phi) is 3.93. The average Bonchev–Trinajstić information content (AvgIpc) is 2.38. The van der Waals surface area contributed by atoms with Crippen LogP contribution in [0.3, 0.4) is 0 Å². The predicted octanol–water partition coefficient (Wildman–Crippen LogP) is 2.62. The van der Waals surface area contributed by atoms with Crippen molar-refractivity contribution in [3.8, 4) is 11.1 Å². The van der Waals surface area contributed by atoms with Gasteiger partial charge in [-0.2, -0.15) is 12.6 Å². The van der Waals surface area contributed by atoms with Gasteiger partial charge in [-0.05, 0) is 17.7 Å². The monoisotopic (exact) mass is 249 g/mol. The van der Waals surface area contributed by atoms with E-state index in [4.69, 9.17) is 0 Å². The van der Waals surface area contributed by atoms with E-state index in [1.807, 2.05) is 0 Å². The number of anilines is 1. The van der Waals surface area contributed by atoms with Crippen molar-refractivity contribution in [2.45, 2.75) is 0 Å². The van der Waals surface area contributed by atoms with E-state index >= 15 is 0 Å². The third-order valence-corrected chi connectivity index (χ3v) is 2.45. The summed E-state index contributed by atoms with van der Waals surface area (Å²) in [4.78, 5) is 8.33. The first-order valence-electron chi connectivity index (χ1n) is 5.22. The minimum absolute atomic E-state index is 0.248. The molecule has 2 aromatic rings. The zero-order chi connectivity index (χ0) is 12.1. The van der Waals surface area contributed by atoms with E-state index < -0.39 is 0 Å². The lowest BCUT2D eigenvalue weighted by atomic mass is 10.1. The third-order valence-electron chi connectivity index (χ3n) is 2.22. The van der Waals surface area contributed by atoms with Crippen molar-refractivity contribution in [1.82, 2.24) is 9.97 Å². The maximum Gasteiger partial charge on any atom is 0.222 e. The number of thiol groups is 1. The van der Waals surface area contributed by atoms with Gasteiger partial charge in [0.2, 0.25) is 5.95 Å². The summed E-state index contributed by atoms with van der Waals surface area (Å²) in [5, 5.41) is 3.02. The van der Waals surface area contributed by atoms with Crippen molar-refractivity contribution >= 4 is 18.6 Å². The molecule has 88 valence electrons. The van der Waals surface area contributed by atoms with E-state index in [1.54, 1.807) is 24.5 Å². The highest BCUT2D eigenvalue weighted by Crippen LogP contribution is 2.18. The second kappa shape index (κ2) is 5.63. The number of nitrogens with one attached hydrogen (secondary N) is 1. The molecule has 2 rings (SSSR count). The predicted molar refractivity (Wildman–Crippen MR) is 69.8 cm³/mol. The second-order valence-corrected chi connectivity index (χ2v) is 3.90. The molecule has 0 radical (unpaired) electrons. The van der Waals surface area contributed by atoms with E-state index in [0.29, 0.717) is 5.95 Å². The minimum atomic E-state index is -0.248. The van der Waals surface area contributed by atoms with Gasteiger partial charge in [0.1, 0.15) is 5.82 Å². The molecule has 1 N–H and O–H groups in total. The summed E-state index contributed by atoms with van der Waals surface area (Å²) in [5.74, 6) is 1.05. The zero-order valence-electron chi connectivity index (χ0n) is 9.10. The van der Waals surface area contributed by atoms with Gasteiger partial charge in [0.15, 0.2) is 0 Å². The summed E-state index contributed by atoms with van der Waals surface area (Å²) in [6.45, 7) is 0.721. The van der Waals surface area contributed by atoms with Crippen LogP contribution in [0.5, 0.6) is 0 Å². The summed E-state index contributed by atoms with van der Waals surface area (Å²) < 4.78 is 12.8. The Morgan fingerprint density at radius 3 is 2.29 bits per heavy atom. The van der Waals surface area contributed by atoms with Gasteiger partial charge in [-0.25, -0.2) is 14.4 Å². The molecule has 1 heterocycles. The molecule has 0 atom stereocenters. The van der Waals surface area contributed by atoms with Crippen molar-refractivity contribution in [3.05, 3.63) is 42.5 Å². The lowest BCUT2D eigenvalue weighted by Crippen LogP contribution is -2.05. The first-order valence-corrected chi connectivity index (χ1v) is 5.85. The third kappa shape index (κ3) is 3.17. The van der Waals surface area contributed by atoms with Crippen LogP contribution in [0.1, 0.15) is 0 Å². The smallest absolute Gasteiger partial charge is 0.222 e. The van der Waals surface area contributed by atoms with Crippen LogP contribution in [0.2, 0.25) is 0 Å². The molecular weight excluding hydrogens is 237 g/mol. The highest BCUT2D eigenvalue weighted by molar-refractivity contribution is 7.80. The standard InChI is InChI=1S/C12H12FN3S/c13-11-3-1-9(2-4-11)10-7-15-12(16-8-10)14-5-6-17/h1-4,7-8,17H,5-6H2,(H,14,15,16). The van der Waals surface area contributed by atoms with Crippen molar-refractivity contribution < 1.29 is 4.39 Å². The van der Waals surface area contributed by atoms with E-state index in [-0.39, 0.29) is 5.82 Å². The fraction of sp³-hybridized carbons (Fsp3) is 0.167. The first-order chi connectivity index (χ1) is 8.29. The van der Waals surface area contributed by atoms with Crippen LogP contribution in [0.15, 0.2) is 36.7 Å². The molecule has 0 unspecified atom stereocenters. The molecule has 0 amide bonds. The molecule has 1 aromatic heterocycles. The maximum atomic E-state index is 12.8. The Bertz CT molecular complexity index is 470. The van der Waals surface area contributed by atoms with Gasteiger partial charge < -0.3 is 5.32 Å². The Labute approximate surface area is 105 Å². The summed E-state index contributed by atoms with van der Waals surface area (Å²) in [7, 11) is 0. The van der Waals surface area contributed by atoms with Gasteiger partial charge >= 0.3 is 0 Å². The van der Waals surface area contributed by atoms with Crippen LogP contribution in [-0.4, -0.2) is 22.3 Å². The minimum Gasteiger partial charge on any atom is -0.353 e. The number of aromatic nitrogens is 2. The molecule has 17 heavy (non-hydrogen) atoms. The van der Waals surface area contributed by atoms with E-state index in [1.165, 1.54) is 12.1 Å². The van der Waals surface area contributed by atoms with Crippen molar-refractivity contribution in [2.75, 3.05) is 17.6 Å². The summed E-state index contributed by atoms with van der Waals surface area (Å²) >= 11 is 4.08. The van der Waals surface area contributed by atoms with Crippen molar-refractivity contribution in [3.63, 3.8) is 0 Å². The molecular formula is C12H12FN3S. The SMILES string of the molecule is Fc1ccc(-c2cnc(NCCS)nc2)cc1. The topological polar surface area (TPSA) is 37.8 Å². The fourth-order valence-corrected chi connectivity index (χ4v) is 1.49. The molecule has 3 nitrogen and oxygen atoms in total. The molecule has 0 saturated heterocycles. The fourth-order valence-electron chi connectivity index (χ4n) is 1.38. The number of halogens is 1. The van der Waals surface area contributed by atoms with Crippen LogP contribution < -0.4 is 5.32 Å². The van der Waals surface area contributed by atoms with Gasteiger partial charge in [0, 0.05) is 30.3 Å². The first kappa shape index (κ1) is 11.9. The Morgan fingerprint density at radius 2 is 1.71 bits per heavy atom. The molecule has 0 fully saturated rings. The quantitative estimate of drug-likeness (QED) is 0.818. The van der Waals surface area contributed by atoms with Crippen molar-refractivity contribution in [2.24, 2.45) is 0 Å². The number of hydrogen-bond donors (Lipinski definition) is 2. The van der Waals surface area contributed by atoms with Gasteiger partial charge in [-0.15, -0.1) is 0 Å². The van der Waals surface area contributed by atoms with Gasteiger partial charge in [-0.3, -0.25) is 0 Å². The Hall–Kier alpha value is -1.62.